The van der Waals surface area contributed by atoms with Gasteiger partial charge in [-0.2, -0.15) is 5.10 Å². The van der Waals surface area contributed by atoms with Crippen molar-refractivity contribution in [1.29, 1.82) is 0 Å². The average molecular weight is 338 g/mol. The number of aromatic amines is 1. The van der Waals surface area contributed by atoms with Crippen LogP contribution in [0.1, 0.15) is 16.7 Å². The van der Waals surface area contributed by atoms with E-state index in [2.05, 4.69) is 53.0 Å². The number of anilines is 1. The third-order valence-electron chi connectivity index (χ3n) is 3.63. The second kappa shape index (κ2) is 5.48. The van der Waals surface area contributed by atoms with E-state index in [9.17, 15) is 0 Å². The summed E-state index contributed by atoms with van der Waals surface area (Å²) in [4.78, 5) is 1.98. The van der Waals surface area contributed by atoms with Gasteiger partial charge >= 0.3 is 0 Å². The lowest BCUT2D eigenvalue weighted by atomic mass is 9.95. The third-order valence-corrected chi connectivity index (χ3v) is 4.38. The van der Waals surface area contributed by atoms with Gasteiger partial charge in [0.15, 0.2) is 5.82 Å². The second-order valence-corrected chi connectivity index (χ2v) is 5.94. The molecule has 0 aliphatic heterocycles. The zero-order valence-electron chi connectivity index (χ0n) is 12.8. The summed E-state index contributed by atoms with van der Waals surface area (Å²) < 4.78 is 6.41. The molecule has 0 atom stereocenters. The van der Waals surface area contributed by atoms with Crippen LogP contribution in [0.5, 0.6) is 5.75 Å². The van der Waals surface area contributed by atoms with E-state index < -0.39 is 0 Å². The van der Waals surface area contributed by atoms with Gasteiger partial charge in [0.1, 0.15) is 5.75 Å². The highest BCUT2D eigenvalue weighted by Gasteiger charge is 2.19. The van der Waals surface area contributed by atoms with Crippen molar-refractivity contribution in [3.8, 4) is 17.0 Å². The molecule has 2 aromatic rings. The van der Waals surface area contributed by atoms with E-state index >= 15 is 0 Å². The van der Waals surface area contributed by atoms with Crippen molar-refractivity contribution < 1.29 is 4.74 Å². The number of aryl methyl sites for hydroxylation is 1. The molecule has 1 heterocycles. The fourth-order valence-corrected chi connectivity index (χ4v) is 3.15. The maximum Gasteiger partial charge on any atom is 0.164 e. The average Bonchev–Trinajstić information content (AvgIpc) is 2.76. The van der Waals surface area contributed by atoms with Gasteiger partial charge in [-0.3, -0.25) is 5.10 Å². The van der Waals surface area contributed by atoms with Crippen molar-refractivity contribution in [2.24, 2.45) is 0 Å². The van der Waals surface area contributed by atoms with Crippen molar-refractivity contribution in [2.45, 2.75) is 20.8 Å². The molecule has 108 valence electrons. The van der Waals surface area contributed by atoms with E-state index in [-0.39, 0.29) is 0 Å². The lowest BCUT2D eigenvalue weighted by molar-refractivity contribution is 0.411. The summed E-state index contributed by atoms with van der Waals surface area (Å²) in [6, 6.07) is 2.07. The molecule has 1 N–H and O–H groups in total. The van der Waals surface area contributed by atoms with Crippen molar-refractivity contribution in [3.05, 3.63) is 27.2 Å². The van der Waals surface area contributed by atoms with Crippen molar-refractivity contribution >= 4 is 21.7 Å². The summed E-state index contributed by atoms with van der Waals surface area (Å²) >= 11 is 3.65. The summed E-state index contributed by atoms with van der Waals surface area (Å²) in [6.07, 6.45) is 0. The topological polar surface area (TPSA) is 41.1 Å². The zero-order chi connectivity index (χ0) is 15.0. The highest BCUT2D eigenvalue weighted by atomic mass is 79.9. The van der Waals surface area contributed by atoms with Gasteiger partial charge in [-0.15, -0.1) is 0 Å². The Morgan fingerprint density at radius 3 is 2.35 bits per heavy atom. The molecule has 0 bridgehead atoms. The molecule has 0 spiro atoms. The molecule has 0 fully saturated rings. The van der Waals surface area contributed by atoms with Crippen LogP contribution in [0.4, 0.5) is 5.82 Å². The Morgan fingerprint density at radius 1 is 1.20 bits per heavy atom. The first-order valence-electron chi connectivity index (χ1n) is 6.44. The van der Waals surface area contributed by atoms with Crippen molar-refractivity contribution in [2.75, 3.05) is 26.1 Å². The molecule has 0 unspecified atom stereocenters. The van der Waals surface area contributed by atoms with Gasteiger partial charge in [-0.25, -0.2) is 0 Å². The largest absolute Gasteiger partial charge is 0.496 e. The summed E-state index contributed by atoms with van der Waals surface area (Å²) in [5.41, 5.74) is 5.71. The highest BCUT2D eigenvalue weighted by Crippen LogP contribution is 2.39. The van der Waals surface area contributed by atoms with Gasteiger partial charge < -0.3 is 9.64 Å². The number of nitrogens with zero attached hydrogens (tertiary/aromatic N) is 2. The summed E-state index contributed by atoms with van der Waals surface area (Å²) in [6.45, 7) is 6.28. The number of aromatic nitrogens is 2. The van der Waals surface area contributed by atoms with Crippen LogP contribution in [0, 0.1) is 20.8 Å². The number of H-pyrrole nitrogens is 1. The second-order valence-electron chi connectivity index (χ2n) is 5.15. The first kappa shape index (κ1) is 14.9. The number of hydrogen-bond donors (Lipinski definition) is 1. The number of rotatable bonds is 3. The molecule has 4 nitrogen and oxygen atoms in total. The summed E-state index contributed by atoms with van der Waals surface area (Å²) in [7, 11) is 5.66. The van der Waals surface area contributed by atoms with Crippen molar-refractivity contribution in [1.82, 2.24) is 10.2 Å². The number of nitrogens with one attached hydrogen (secondary N) is 1. The third kappa shape index (κ3) is 2.30. The fraction of sp³-hybridized carbons (Fsp3) is 0.400. The number of benzene rings is 1. The van der Waals surface area contributed by atoms with Gasteiger partial charge in [-0.05, 0) is 59.5 Å². The van der Waals surface area contributed by atoms with Crippen LogP contribution in [0.15, 0.2) is 10.5 Å². The Kier molecular flexibility index (Phi) is 4.09. The predicted octanol–water partition coefficient (Wildman–Crippen LogP) is 3.84. The number of methoxy groups -OCH3 is 1. The molecular weight excluding hydrogens is 318 g/mol. The van der Waals surface area contributed by atoms with Crippen LogP contribution in [0.3, 0.4) is 0 Å². The van der Waals surface area contributed by atoms with E-state index in [0.29, 0.717) is 0 Å². The Bertz CT molecular complexity index is 647. The lowest BCUT2D eigenvalue weighted by Crippen LogP contribution is -2.09. The van der Waals surface area contributed by atoms with E-state index in [0.717, 1.165) is 27.3 Å². The molecule has 0 saturated carbocycles. The molecule has 5 heteroatoms. The molecular formula is C15H20BrN3O. The van der Waals surface area contributed by atoms with Crippen LogP contribution >= 0.6 is 15.9 Å². The van der Waals surface area contributed by atoms with E-state index in [1.54, 1.807) is 7.11 Å². The van der Waals surface area contributed by atoms with E-state index in [4.69, 9.17) is 4.74 Å². The Labute approximate surface area is 128 Å². The van der Waals surface area contributed by atoms with Crippen LogP contribution < -0.4 is 9.64 Å². The molecule has 20 heavy (non-hydrogen) atoms. The maximum absolute atomic E-state index is 5.43. The van der Waals surface area contributed by atoms with Crippen molar-refractivity contribution in [3.63, 3.8) is 0 Å². The molecule has 1 aromatic carbocycles. The smallest absolute Gasteiger partial charge is 0.164 e. The number of halogens is 1. The minimum Gasteiger partial charge on any atom is -0.496 e. The highest BCUT2D eigenvalue weighted by molar-refractivity contribution is 9.10. The maximum atomic E-state index is 5.43. The first-order chi connectivity index (χ1) is 9.38. The van der Waals surface area contributed by atoms with Gasteiger partial charge in [0.2, 0.25) is 0 Å². The van der Waals surface area contributed by atoms with Crippen LogP contribution in [-0.2, 0) is 0 Å². The van der Waals surface area contributed by atoms with Gasteiger partial charge in [0.25, 0.3) is 0 Å². The Morgan fingerprint density at radius 2 is 1.85 bits per heavy atom. The number of hydrogen-bond acceptors (Lipinski definition) is 3. The minimum atomic E-state index is 0.896. The zero-order valence-corrected chi connectivity index (χ0v) is 14.3. The number of ether oxygens (including phenoxy) is 1. The molecule has 0 radical (unpaired) electrons. The van der Waals surface area contributed by atoms with E-state index in [1.807, 2.05) is 19.0 Å². The lowest BCUT2D eigenvalue weighted by Gasteiger charge is -2.15. The normalized spacial score (nSPS) is 10.8. The molecule has 0 saturated heterocycles. The standard InChI is InChI=1S/C15H20BrN3O/c1-8-7-11(20-6)9(2)10(3)12(8)14-13(16)15(18-17-14)19(4)5/h7H,1-6H3,(H,17,18). The van der Waals surface area contributed by atoms with E-state index in [1.165, 1.54) is 16.7 Å². The predicted molar refractivity (Wildman–Crippen MR) is 86.8 cm³/mol. The quantitative estimate of drug-likeness (QED) is 0.925. The Balaban J connectivity index is 2.68. The summed E-state index contributed by atoms with van der Waals surface area (Å²) in [5.74, 6) is 1.82. The van der Waals surface area contributed by atoms with Crippen LogP contribution in [0.25, 0.3) is 11.3 Å². The molecule has 2 rings (SSSR count). The minimum absolute atomic E-state index is 0.896. The SMILES string of the molecule is COc1cc(C)c(-c2[nH]nc(N(C)C)c2Br)c(C)c1C. The van der Waals surface area contributed by atoms with Crippen LogP contribution in [-0.4, -0.2) is 31.4 Å². The van der Waals surface area contributed by atoms with Crippen LogP contribution in [0.2, 0.25) is 0 Å². The molecule has 0 amide bonds. The van der Waals surface area contributed by atoms with Gasteiger partial charge in [0, 0.05) is 19.7 Å². The molecule has 1 aromatic heterocycles. The molecule has 0 aliphatic carbocycles. The Hall–Kier alpha value is -1.49. The monoisotopic (exact) mass is 337 g/mol. The summed E-state index contributed by atoms with van der Waals surface area (Å²) in [5, 5.41) is 7.51. The fourth-order valence-electron chi connectivity index (χ4n) is 2.42. The first-order valence-corrected chi connectivity index (χ1v) is 7.24. The molecule has 0 aliphatic rings. The van der Waals surface area contributed by atoms with Gasteiger partial charge in [-0.1, -0.05) is 0 Å². The van der Waals surface area contributed by atoms with Gasteiger partial charge in [0.05, 0.1) is 17.3 Å².